The van der Waals surface area contributed by atoms with Crippen LogP contribution in [0.2, 0.25) is 0 Å². The molecule has 0 spiro atoms. The van der Waals surface area contributed by atoms with E-state index < -0.39 is 0 Å². The van der Waals surface area contributed by atoms with Gasteiger partial charge in [0.1, 0.15) is 11.6 Å². The molecule has 2 aromatic heterocycles. The van der Waals surface area contributed by atoms with E-state index in [1.165, 1.54) is 5.56 Å². The summed E-state index contributed by atoms with van der Waals surface area (Å²) < 4.78 is 7.00. The Hall–Kier alpha value is -4.78. The number of nitrogens with zero attached hydrogens (tertiary/aromatic N) is 4. The van der Waals surface area contributed by atoms with Crippen molar-refractivity contribution in [2.75, 3.05) is 7.11 Å². The fourth-order valence-corrected chi connectivity index (χ4v) is 5.04. The Labute approximate surface area is 225 Å². The Morgan fingerprint density at radius 3 is 2.59 bits per heavy atom. The van der Waals surface area contributed by atoms with Crippen molar-refractivity contribution in [3.8, 4) is 22.6 Å². The zero-order valence-corrected chi connectivity index (χ0v) is 22.2. The maximum atomic E-state index is 13.9. The molecule has 0 aliphatic carbocycles. The van der Waals surface area contributed by atoms with E-state index in [0.717, 1.165) is 46.3 Å². The third-order valence-corrected chi connectivity index (χ3v) is 7.29. The first-order valence-corrected chi connectivity index (χ1v) is 13.1. The van der Waals surface area contributed by atoms with Crippen molar-refractivity contribution in [3.05, 3.63) is 106 Å². The van der Waals surface area contributed by atoms with E-state index in [9.17, 15) is 4.79 Å². The number of aryl methyl sites for hydroxylation is 1. The number of rotatable bonds is 5. The summed E-state index contributed by atoms with van der Waals surface area (Å²) in [5.74, 6) is 1.56. The van der Waals surface area contributed by atoms with Crippen LogP contribution in [0, 0.1) is 12.8 Å². The van der Waals surface area contributed by atoms with E-state index in [1.807, 2.05) is 42.5 Å². The van der Waals surface area contributed by atoms with E-state index in [2.05, 4.69) is 60.5 Å². The lowest BCUT2D eigenvalue weighted by Crippen LogP contribution is -2.43. The summed E-state index contributed by atoms with van der Waals surface area (Å²) in [4.78, 5) is 24.0. The van der Waals surface area contributed by atoms with Gasteiger partial charge in [-0.05, 0) is 67.3 Å². The number of methoxy groups -OCH3 is 1. The van der Waals surface area contributed by atoms with Gasteiger partial charge in [0.2, 0.25) is 0 Å². The molecule has 3 aromatic carbocycles. The second-order valence-electron chi connectivity index (χ2n) is 9.78. The first kappa shape index (κ1) is 24.6. The predicted molar refractivity (Wildman–Crippen MR) is 156 cm³/mol. The van der Waals surface area contributed by atoms with Crippen LogP contribution < -0.4 is 21.0 Å². The molecule has 7 nitrogen and oxygen atoms in total. The number of aliphatic imine (C=N–C) groups is 1. The summed E-state index contributed by atoms with van der Waals surface area (Å²) in [5, 5.41) is 8.64. The van der Waals surface area contributed by atoms with Crippen molar-refractivity contribution in [1.82, 2.24) is 14.8 Å². The van der Waals surface area contributed by atoms with Crippen molar-refractivity contribution < 1.29 is 4.74 Å². The van der Waals surface area contributed by atoms with Crippen LogP contribution in [0.5, 0.6) is 5.75 Å². The number of nitrogens with one attached hydrogen (secondary N) is 1. The highest BCUT2D eigenvalue weighted by molar-refractivity contribution is 5.89. The molecule has 194 valence electrons. The lowest BCUT2D eigenvalue weighted by atomic mass is 10.0. The number of benzene rings is 3. The van der Waals surface area contributed by atoms with E-state index >= 15 is 0 Å². The van der Waals surface area contributed by atoms with E-state index in [1.54, 1.807) is 17.9 Å². The zero-order valence-electron chi connectivity index (χ0n) is 22.2. The fraction of sp³-hybridized carbons (Fsp3) is 0.188. The van der Waals surface area contributed by atoms with E-state index in [-0.39, 0.29) is 11.5 Å². The molecule has 1 N–H and O–H groups in total. The second kappa shape index (κ2) is 10.2. The smallest absolute Gasteiger partial charge is 0.267 e. The number of aromatic amines is 1. The molecule has 0 saturated heterocycles. The minimum Gasteiger partial charge on any atom is -0.497 e. The Morgan fingerprint density at radius 2 is 1.85 bits per heavy atom. The minimum absolute atomic E-state index is 0.0971. The fourth-order valence-electron chi connectivity index (χ4n) is 5.04. The minimum atomic E-state index is -0.172. The Bertz CT molecular complexity index is 1880. The lowest BCUT2D eigenvalue weighted by molar-refractivity contribution is 0.415. The first-order valence-electron chi connectivity index (χ1n) is 13.1. The molecule has 0 radical (unpaired) electrons. The average Bonchev–Trinajstić information content (AvgIpc) is 3.39. The third kappa shape index (κ3) is 4.56. The number of hydrogen-bond donors (Lipinski definition) is 1. The molecule has 0 bridgehead atoms. The topological polar surface area (TPSA) is 84.6 Å². The van der Waals surface area contributed by atoms with Gasteiger partial charge >= 0.3 is 0 Å². The third-order valence-electron chi connectivity index (χ3n) is 7.29. The monoisotopic (exact) mass is 515 g/mol. The Morgan fingerprint density at radius 1 is 1.05 bits per heavy atom. The summed E-state index contributed by atoms with van der Waals surface area (Å²) in [5.41, 5.74) is 5.92. The number of aromatic nitrogens is 3. The van der Waals surface area contributed by atoms with E-state index in [0.29, 0.717) is 22.2 Å². The van der Waals surface area contributed by atoms with Gasteiger partial charge in [-0.2, -0.15) is 5.10 Å². The quantitative estimate of drug-likeness (QED) is 0.347. The normalized spacial score (nSPS) is 15.9. The van der Waals surface area contributed by atoms with Gasteiger partial charge in [-0.1, -0.05) is 55.0 Å². The first-order chi connectivity index (χ1) is 19.1. The molecule has 0 amide bonds. The maximum absolute atomic E-state index is 13.9. The predicted octanol–water partition coefficient (Wildman–Crippen LogP) is 5.26. The van der Waals surface area contributed by atoms with Crippen LogP contribution in [0.3, 0.4) is 0 Å². The molecule has 1 aliphatic rings. The van der Waals surface area contributed by atoms with Crippen molar-refractivity contribution in [2.45, 2.75) is 26.7 Å². The van der Waals surface area contributed by atoms with Crippen LogP contribution >= 0.6 is 0 Å². The highest BCUT2D eigenvalue weighted by Gasteiger charge is 2.20. The van der Waals surface area contributed by atoms with Crippen LogP contribution in [0.15, 0.2) is 93.8 Å². The van der Waals surface area contributed by atoms with Gasteiger partial charge in [-0.25, -0.2) is 9.98 Å². The largest absolute Gasteiger partial charge is 0.497 e. The van der Waals surface area contributed by atoms with Crippen molar-refractivity contribution in [3.63, 3.8) is 0 Å². The SMILES string of the molecule is CCC1CC=c2c(n(-c3cccc(-c4ccc(C)cc4)c3)c(=O)c3cn[nH]c23)=NC1=Nc1ccc(OC)cc1. The van der Waals surface area contributed by atoms with E-state index in [4.69, 9.17) is 14.7 Å². The summed E-state index contributed by atoms with van der Waals surface area (Å²) in [6, 6.07) is 24.0. The molecule has 0 fully saturated rings. The molecule has 1 atom stereocenters. The molecule has 1 aliphatic heterocycles. The molecule has 1 unspecified atom stereocenters. The molecule has 7 heteroatoms. The van der Waals surface area contributed by atoms with Gasteiger partial charge in [0.15, 0.2) is 5.49 Å². The Balaban J connectivity index is 1.62. The number of amidine groups is 1. The van der Waals surface area contributed by atoms with Gasteiger partial charge in [-0.15, -0.1) is 0 Å². The van der Waals surface area contributed by atoms with Gasteiger partial charge in [-0.3, -0.25) is 14.5 Å². The van der Waals surface area contributed by atoms with Crippen molar-refractivity contribution in [1.29, 1.82) is 0 Å². The number of hydrogen-bond acceptors (Lipinski definition) is 4. The molecule has 0 saturated carbocycles. The van der Waals surface area contributed by atoms with Crippen LogP contribution in [0.1, 0.15) is 25.3 Å². The standard InChI is InChI=1S/C32H29N5O2/c1-4-21-12-17-27-29-28(19-33-36-29)32(38)37(25-7-5-6-23(18-25)22-10-8-20(2)9-11-22)31(27)35-30(21)34-24-13-15-26(39-3)16-14-24/h5-11,13-19,21H,4,12H2,1-3H3,(H,33,36). The van der Waals surface area contributed by atoms with Gasteiger partial charge in [0.25, 0.3) is 5.56 Å². The molecule has 5 aromatic rings. The highest BCUT2D eigenvalue weighted by atomic mass is 16.5. The van der Waals surface area contributed by atoms with Crippen LogP contribution in [-0.2, 0) is 0 Å². The van der Waals surface area contributed by atoms with Gasteiger partial charge < -0.3 is 4.74 Å². The number of ether oxygens (including phenoxy) is 1. The number of pyridine rings is 1. The zero-order chi connectivity index (χ0) is 26.9. The maximum Gasteiger partial charge on any atom is 0.267 e. The summed E-state index contributed by atoms with van der Waals surface area (Å²) in [6.07, 6.45) is 5.37. The number of fused-ring (bicyclic) bond motifs is 3. The molecule has 39 heavy (non-hydrogen) atoms. The molecular formula is C32H29N5O2. The molecule has 3 heterocycles. The molecule has 6 rings (SSSR count). The van der Waals surface area contributed by atoms with Crippen LogP contribution in [-0.4, -0.2) is 27.7 Å². The van der Waals surface area contributed by atoms with Crippen LogP contribution in [0.4, 0.5) is 5.69 Å². The average molecular weight is 516 g/mol. The number of H-pyrrole nitrogens is 1. The van der Waals surface area contributed by atoms with Crippen LogP contribution in [0.25, 0.3) is 33.8 Å². The lowest BCUT2D eigenvalue weighted by Gasteiger charge is -2.12. The Kier molecular flexibility index (Phi) is 6.40. The van der Waals surface area contributed by atoms with Crippen molar-refractivity contribution >= 4 is 28.5 Å². The summed E-state index contributed by atoms with van der Waals surface area (Å²) in [6.45, 7) is 4.21. The second-order valence-corrected chi connectivity index (χ2v) is 9.78. The van der Waals surface area contributed by atoms with Gasteiger partial charge in [0.05, 0.1) is 35.6 Å². The molecular weight excluding hydrogens is 486 g/mol. The summed E-state index contributed by atoms with van der Waals surface area (Å²) >= 11 is 0. The van der Waals surface area contributed by atoms with Gasteiger partial charge in [0, 0.05) is 11.1 Å². The highest BCUT2D eigenvalue weighted by Crippen LogP contribution is 2.24. The summed E-state index contributed by atoms with van der Waals surface area (Å²) in [7, 11) is 1.64. The van der Waals surface area contributed by atoms with Crippen molar-refractivity contribution in [2.24, 2.45) is 15.9 Å².